The molecule has 0 spiro atoms. The summed E-state index contributed by atoms with van der Waals surface area (Å²) in [5.74, 6) is 0.329. The maximum Gasteiger partial charge on any atom is 0.289 e. The molecule has 2 N–H and O–H groups in total. The van der Waals surface area contributed by atoms with E-state index in [1.54, 1.807) is 12.3 Å². The Hall–Kier alpha value is -3.90. The largest absolute Gasteiger partial charge is 0.489 e. The summed E-state index contributed by atoms with van der Waals surface area (Å²) < 4.78 is 5.86. The van der Waals surface area contributed by atoms with E-state index < -0.39 is 0 Å². The number of H-pyrrole nitrogens is 1. The van der Waals surface area contributed by atoms with E-state index in [0.29, 0.717) is 28.8 Å². The molecule has 0 saturated heterocycles. The van der Waals surface area contributed by atoms with E-state index in [9.17, 15) is 4.79 Å². The molecule has 1 amide bonds. The van der Waals surface area contributed by atoms with Gasteiger partial charge < -0.3 is 4.74 Å². The number of aromatic nitrogens is 2. The fourth-order valence-electron chi connectivity index (χ4n) is 2.84. The molecule has 7 heteroatoms. The van der Waals surface area contributed by atoms with Crippen molar-refractivity contribution in [3.05, 3.63) is 107 Å². The van der Waals surface area contributed by atoms with Crippen LogP contribution in [0.4, 0.5) is 0 Å². The van der Waals surface area contributed by atoms with Crippen molar-refractivity contribution >= 4 is 23.7 Å². The lowest BCUT2D eigenvalue weighted by molar-refractivity contribution is 0.0950. The van der Waals surface area contributed by atoms with E-state index in [2.05, 4.69) is 20.7 Å². The van der Waals surface area contributed by atoms with E-state index in [4.69, 9.17) is 16.3 Å². The number of halogens is 1. The van der Waals surface area contributed by atoms with E-state index >= 15 is 0 Å². The lowest BCUT2D eigenvalue weighted by Crippen LogP contribution is -2.17. The second kappa shape index (κ2) is 9.73. The summed E-state index contributed by atoms with van der Waals surface area (Å²) in [5, 5.41) is 11.6. The predicted octanol–water partition coefficient (Wildman–Crippen LogP) is 5.07. The van der Waals surface area contributed by atoms with Gasteiger partial charge in [0, 0.05) is 10.6 Å². The number of hydrogen-bond donors (Lipinski definition) is 2. The van der Waals surface area contributed by atoms with E-state index in [0.717, 1.165) is 16.7 Å². The van der Waals surface area contributed by atoms with Crippen LogP contribution < -0.4 is 10.2 Å². The van der Waals surface area contributed by atoms with Crippen molar-refractivity contribution in [3.8, 4) is 17.0 Å². The molecule has 0 aliphatic rings. The normalized spacial score (nSPS) is 10.9. The average Bonchev–Trinajstić information content (AvgIpc) is 3.30. The highest BCUT2D eigenvalue weighted by atomic mass is 35.5. The molecule has 0 unspecified atom stereocenters. The van der Waals surface area contributed by atoms with Crippen molar-refractivity contribution in [2.45, 2.75) is 6.61 Å². The van der Waals surface area contributed by atoms with Crippen molar-refractivity contribution < 1.29 is 9.53 Å². The van der Waals surface area contributed by atoms with Crippen LogP contribution in [-0.2, 0) is 6.61 Å². The van der Waals surface area contributed by atoms with Crippen LogP contribution in [0, 0.1) is 0 Å². The first-order valence-corrected chi connectivity index (χ1v) is 9.97. The molecule has 0 saturated carbocycles. The number of ether oxygens (including phenoxy) is 1. The first-order valence-electron chi connectivity index (χ1n) is 9.59. The summed E-state index contributed by atoms with van der Waals surface area (Å²) in [6, 6.07) is 26.2. The summed E-state index contributed by atoms with van der Waals surface area (Å²) in [5.41, 5.74) is 6.18. The number of benzene rings is 3. The van der Waals surface area contributed by atoms with Gasteiger partial charge in [-0.2, -0.15) is 10.2 Å². The molecule has 0 aliphatic heterocycles. The van der Waals surface area contributed by atoms with Crippen molar-refractivity contribution in [2.24, 2.45) is 5.10 Å². The summed E-state index contributed by atoms with van der Waals surface area (Å²) in [6.07, 6.45) is 1.58. The number of carbonyl (C=O) groups excluding carboxylic acids is 1. The Morgan fingerprint density at radius 3 is 2.65 bits per heavy atom. The van der Waals surface area contributed by atoms with Gasteiger partial charge >= 0.3 is 0 Å². The molecular formula is C24H19ClN4O2. The van der Waals surface area contributed by atoms with Gasteiger partial charge in [0.2, 0.25) is 0 Å². The van der Waals surface area contributed by atoms with Gasteiger partial charge in [-0.25, -0.2) is 5.43 Å². The first kappa shape index (κ1) is 20.4. The van der Waals surface area contributed by atoms with E-state index in [1.807, 2.05) is 78.9 Å². The number of rotatable bonds is 7. The van der Waals surface area contributed by atoms with Crippen LogP contribution in [0.2, 0.25) is 5.02 Å². The SMILES string of the molecule is O=C(N/N=C/c1ccccc1)c1cc(-c2cccc(OCc3ccc(Cl)cc3)c2)n[nH]1. The van der Waals surface area contributed by atoms with Gasteiger partial charge in [0.05, 0.1) is 11.9 Å². The molecule has 6 nitrogen and oxygen atoms in total. The van der Waals surface area contributed by atoms with E-state index in [-0.39, 0.29) is 5.91 Å². The van der Waals surface area contributed by atoms with Crippen LogP contribution in [0.1, 0.15) is 21.6 Å². The molecule has 1 heterocycles. The molecule has 154 valence electrons. The number of hydrazone groups is 1. The van der Waals surface area contributed by atoms with Crippen molar-refractivity contribution in [2.75, 3.05) is 0 Å². The molecule has 4 rings (SSSR count). The number of carbonyl (C=O) groups is 1. The highest BCUT2D eigenvalue weighted by molar-refractivity contribution is 6.30. The Bertz CT molecular complexity index is 1190. The maximum absolute atomic E-state index is 12.3. The topological polar surface area (TPSA) is 79.4 Å². The standard InChI is InChI=1S/C24H19ClN4O2/c25-20-11-9-18(10-12-20)16-31-21-8-4-7-19(13-21)22-14-23(28-27-22)24(30)29-26-15-17-5-2-1-3-6-17/h1-15H,16H2,(H,27,28)(H,29,30)/b26-15+. The van der Waals surface area contributed by atoms with Crippen molar-refractivity contribution in [3.63, 3.8) is 0 Å². The molecule has 31 heavy (non-hydrogen) atoms. The number of aromatic amines is 1. The molecular weight excluding hydrogens is 412 g/mol. The molecule has 0 fully saturated rings. The average molecular weight is 431 g/mol. The molecule has 0 aliphatic carbocycles. The zero-order chi connectivity index (χ0) is 21.5. The Labute approximate surface area is 184 Å². The van der Waals surface area contributed by atoms with Crippen molar-refractivity contribution in [1.29, 1.82) is 0 Å². The lowest BCUT2D eigenvalue weighted by atomic mass is 10.1. The van der Waals surface area contributed by atoms with Gasteiger partial charge in [0.1, 0.15) is 18.1 Å². The number of nitrogens with zero attached hydrogens (tertiary/aromatic N) is 2. The summed E-state index contributed by atoms with van der Waals surface area (Å²) in [7, 11) is 0. The molecule has 1 aromatic heterocycles. The Balaban J connectivity index is 1.39. The van der Waals surface area contributed by atoms with E-state index in [1.165, 1.54) is 0 Å². The second-order valence-electron chi connectivity index (χ2n) is 6.72. The number of amides is 1. The Morgan fingerprint density at radius 2 is 1.84 bits per heavy atom. The van der Waals surface area contributed by atoms with Crippen LogP contribution in [0.5, 0.6) is 5.75 Å². The van der Waals surface area contributed by atoms with Crippen LogP contribution >= 0.6 is 11.6 Å². The number of hydrogen-bond acceptors (Lipinski definition) is 4. The summed E-state index contributed by atoms with van der Waals surface area (Å²) in [6.45, 7) is 0.425. The smallest absolute Gasteiger partial charge is 0.289 e. The van der Waals surface area contributed by atoms with Crippen LogP contribution in [0.25, 0.3) is 11.3 Å². The highest BCUT2D eigenvalue weighted by Crippen LogP contribution is 2.23. The minimum atomic E-state index is -0.374. The molecule has 0 atom stereocenters. The Kier molecular flexibility index (Phi) is 6.40. The lowest BCUT2D eigenvalue weighted by Gasteiger charge is -2.07. The highest BCUT2D eigenvalue weighted by Gasteiger charge is 2.11. The maximum atomic E-state index is 12.3. The Morgan fingerprint density at radius 1 is 1.03 bits per heavy atom. The van der Waals surface area contributed by atoms with Crippen LogP contribution in [-0.4, -0.2) is 22.3 Å². The first-order chi connectivity index (χ1) is 15.2. The third kappa shape index (κ3) is 5.58. The third-order valence-electron chi connectivity index (χ3n) is 4.45. The van der Waals surface area contributed by atoms with Gasteiger partial charge in [-0.1, -0.05) is 66.2 Å². The number of nitrogens with one attached hydrogen (secondary N) is 2. The zero-order valence-electron chi connectivity index (χ0n) is 16.5. The van der Waals surface area contributed by atoms with Crippen LogP contribution in [0.3, 0.4) is 0 Å². The predicted molar refractivity (Wildman–Crippen MR) is 121 cm³/mol. The summed E-state index contributed by atoms with van der Waals surface area (Å²) >= 11 is 5.91. The minimum absolute atomic E-state index is 0.313. The fraction of sp³-hybridized carbons (Fsp3) is 0.0417. The van der Waals surface area contributed by atoms with Crippen molar-refractivity contribution in [1.82, 2.24) is 15.6 Å². The molecule has 4 aromatic rings. The molecule has 3 aromatic carbocycles. The fourth-order valence-corrected chi connectivity index (χ4v) is 2.97. The molecule has 0 radical (unpaired) electrons. The van der Waals surface area contributed by atoms with Gasteiger partial charge in [-0.05, 0) is 41.5 Å². The van der Waals surface area contributed by atoms with Gasteiger partial charge in [0.15, 0.2) is 0 Å². The second-order valence-corrected chi connectivity index (χ2v) is 7.16. The third-order valence-corrected chi connectivity index (χ3v) is 4.70. The quantitative estimate of drug-likeness (QED) is 0.317. The monoisotopic (exact) mass is 430 g/mol. The van der Waals surface area contributed by atoms with Crippen LogP contribution in [0.15, 0.2) is 90.0 Å². The minimum Gasteiger partial charge on any atom is -0.489 e. The summed E-state index contributed by atoms with van der Waals surface area (Å²) in [4.78, 5) is 12.3. The van der Waals surface area contributed by atoms with Gasteiger partial charge in [-0.3, -0.25) is 9.89 Å². The van der Waals surface area contributed by atoms with Gasteiger partial charge in [0.25, 0.3) is 5.91 Å². The van der Waals surface area contributed by atoms with Gasteiger partial charge in [-0.15, -0.1) is 0 Å². The molecule has 0 bridgehead atoms. The zero-order valence-corrected chi connectivity index (χ0v) is 17.2.